The molecule has 5 rings (SSSR count). The van der Waals surface area contributed by atoms with E-state index in [4.69, 9.17) is 26.7 Å². The van der Waals surface area contributed by atoms with Crippen molar-refractivity contribution < 1.29 is 42.2 Å². The summed E-state index contributed by atoms with van der Waals surface area (Å²) in [7, 11) is 1.41. The largest absolute Gasteiger partial charge is 0.492 e. The molecule has 368 valence electrons. The molecule has 1 aliphatic rings. The molecule has 69 heavy (non-hydrogen) atoms. The molecular formula is C52H64F2N8O7. The molecule has 0 unspecified atom stereocenters. The van der Waals surface area contributed by atoms with Crippen LogP contribution in [-0.2, 0) is 32.0 Å². The minimum Gasteiger partial charge on any atom is -0.492 e. The molecular weight excluding hydrogens is 887 g/mol. The third-order valence-electron chi connectivity index (χ3n) is 12.2. The lowest BCUT2D eigenvalue weighted by Gasteiger charge is -2.32. The van der Waals surface area contributed by atoms with Gasteiger partial charge in [-0.3, -0.25) is 24.0 Å². The fourth-order valence-electron chi connectivity index (χ4n) is 8.49. The SMILES string of the molecule is CCCCCCc1ncc(-c2ccc(C(=O)C[C@@H](CCN)C(=O)N(C)[C@@H]3C(=O)C[C@@H](C)C(=O)N[C@H](C(=O)CCC#N)Cc4ccc(OCCN)c(c4)-c4cc3ccc4OCCN)c(C(F)F)c2)cn1. The van der Waals surface area contributed by atoms with Crippen LogP contribution >= 0.6 is 0 Å². The Labute approximate surface area is 402 Å². The van der Waals surface area contributed by atoms with Crippen LogP contribution < -0.4 is 32.0 Å². The summed E-state index contributed by atoms with van der Waals surface area (Å²) in [6.07, 6.45) is 4.02. The molecule has 1 aliphatic heterocycles. The smallest absolute Gasteiger partial charge is 0.264 e. The monoisotopic (exact) mass is 950 g/mol. The number of alkyl halides is 2. The van der Waals surface area contributed by atoms with E-state index in [-0.39, 0.29) is 76.3 Å². The van der Waals surface area contributed by atoms with Crippen LogP contribution in [-0.4, -0.2) is 90.0 Å². The normalized spacial score (nSPS) is 16.5. The number of nitrogens with one attached hydrogen (secondary N) is 1. The average molecular weight is 951 g/mol. The van der Waals surface area contributed by atoms with Crippen molar-refractivity contribution in [2.45, 2.75) is 103 Å². The van der Waals surface area contributed by atoms with Gasteiger partial charge in [-0.1, -0.05) is 57.4 Å². The van der Waals surface area contributed by atoms with Gasteiger partial charge in [0.1, 0.15) is 36.6 Å². The third kappa shape index (κ3) is 14.3. The summed E-state index contributed by atoms with van der Waals surface area (Å²) in [6, 6.07) is 13.9. The van der Waals surface area contributed by atoms with Crippen LogP contribution in [0.5, 0.6) is 11.5 Å². The number of nitrogens with two attached hydrogens (primary N) is 3. The number of carbonyl (C=O) groups excluding carboxylic acids is 5. The molecule has 4 bridgehead atoms. The van der Waals surface area contributed by atoms with E-state index in [1.165, 1.54) is 31.0 Å². The highest BCUT2D eigenvalue weighted by molar-refractivity contribution is 6.01. The lowest BCUT2D eigenvalue weighted by molar-refractivity contribution is -0.142. The molecule has 0 saturated heterocycles. The minimum atomic E-state index is -3.03. The standard InChI is InChI=1S/C52H64F2N8O7/c1-4-5-6-7-10-48-59-30-37(31-60-48)34-12-14-38(41(27-34)50(53)54)44(64)29-36(17-19-56)52(67)62(3)49-35-13-16-47(69-23-21-58)40(28-35)39-25-33(11-15-46(39)68-22-20-57)26-42(43(63)9-8-18-55)61-51(66)32(2)24-45(49)65/h11-16,25,27-28,30-32,36,42,49-50H,4-10,17,19-24,26,29,56-58H2,1-3H3,(H,61,66)/t32-,36-,42+,49+/m1/s1. The van der Waals surface area contributed by atoms with Gasteiger partial charge in [0, 0.05) is 104 Å². The summed E-state index contributed by atoms with van der Waals surface area (Å²) in [5.74, 6) is -3.60. The van der Waals surface area contributed by atoms with Gasteiger partial charge in [-0.2, -0.15) is 5.26 Å². The van der Waals surface area contributed by atoms with E-state index >= 15 is 0 Å². The fourth-order valence-corrected chi connectivity index (χ4v) is 8.49. The van der Waals surface area contributed by atoms with E-state index in [0.717, 1.165) is 25.7 Å². The predicted molar refractivity (Wildman–Crippen MR) is 257 cm³/mol. The molecule has 2 heterocycles. The molecule has 3 aromatic carbocycles. The number of Topliss-reactive ketones (excluding diaryl/α,β-unsaturated/α-hetero) is 3. The molecule has 4 aromatic rings. The highest BCUT2D eigenvalue weighted by atomic mass is 19.3. The zero-order chi connectivity index (χ0) is 50.0. The van der Waals surface area contributed by atoms with Crippen LogP contribution in [0.4, 0.5) is 8.78 Å². The number of halogens is 2. The van der Waals surface area contributed by atoms with Gasteiger partial charge in [0.2, 0.25) is 11.8 Å². The molecule has 0 fully saturated rings. The maximum absolute atomic E-state index is 14.8. The number of fused-ring (bicyclic) bond motifs is 5. The van der Waals surface area contributed by atoms with Gasteiger partial charge in [0.05, 0.1) is 12.1 Å². The van der Waals surface area contributed by atoms with E-state index in [1.54, 1.807) is 54.9 Å². The van der Waals surface area contributed by atoms with Gasteiger partial charge in [-0.05, 0) is 72.8 Å². The van der Waals surface area contributed by atoms with Crippen LogP contribution in [0.25, 0.3) is 22.3 Å². The lowest BCUT2D eigenvalue weighted by Crippen LogP contribution is -2.46. The van der Waals surface area contributed by atoms with Gasteiger partial charge in [-0.25, -0.2) is 18.7 Å². The first-order valence-corrected chi connectivity index (χ1v) is 23.6. The average Bonchev–Trinajstić information content (AvgIpc) is 3.35. The number of hydrogen-bond acceptors (Lipinski definition) is 13. The van der Waals surface area contributed by atoms with E-state index in [1.807, 2.05) is 6.07 Å². The van der Waals surface area contributed by atoms with Crippen LogP contribution in [0.3, 0.4) is 0 Å². The van der Waals surface area contributed by atoms with Crippen molar-refractivity contribution in [2.24, 2.45) is 29.0 Å². The summed E-state index contributed by atoms with van der Waals surface area (Å²) < 4.78 is 41.7. The van der Waals surface area contributed by atoms with Crippen molar-refractivity contribution in [3.8, 4) is 39.8 Å². The third-order valence-corrected chi connectivity index (χ3v) is 12.2. The number of amides is 2. The number of ether oxygens (including phenoxy) is 2. The Morgan fingerprint density at radius 3 is 2.20 bits per heavy atom. The highest BCUT2D eigenvalue weighted by Crippen LogP contribution is 2.41. The van der Waals surface area contributed by atoms with Crippen LogP contribution in [0.1, 0.15) is 117 Å². The maximum atomic E-state index is 14.8. The number of ketones is 3. The second kappa shape index (κ2) is 26.3. The Kier molecular flexibility index (Phi) is 20.4. The first kappa shape index (κ1) is 53.5. The Morgan fingerprint density at radius 1 is 0.884 bits per heavy atom. The van der Waals surface area contributed by atoms with Gasteiger partial charge in [-0.15, -0.1) is 0 Å². The number of nitriles is 1. The second-order valence-corrected chi connectivity index (χ2v) is 17.4. The van der Waals surface area contributed by atoms with Crippen molar-refractivity contribution in [3.05, 3.63) is 95.1 Å². The van der Waals surface area contributed by atoms with E-state index in [0.29, 0.717) is 57.1 Å². The summed E-state index contributed by atoms with van der Waals surface area (Å²) in [4.78, 5) is 80.9. The number of unbranched alkanes of at least 4 members (excludes halogenated alkanes) is 3. The Balaban J connectivity index is 1.54. The van der Waals surface area contributed by atoms with Crippen molar-refractivity contribution in [1.29, 1.82) is 5.26 Å². The zero-order valence-corrected chi connectivity index (χ0v) is 39.7. The van der Waals surface area contributed by atoms with Gasteiger partial charge >= 0.3 is 0 Å². The summed E-state index contributed by atoms with van der Waals surface area (Å²) in [5.41, 5.74) is 19.7. The first-order valence-electron chi connectivity index (χ1n) is 23.6. The molecule has 4 atom stereocenters. The molecule has 17 heteroatoms. The maximum Gasteiger partial charge on any atom is 0.264 e. The van der Waals surface area contributed by atoms with Crippen LogP contribution in [0.2, 0.25) is 0 Å². The molecule has 2 amide bonds. The summed E-state index contributed by atoms with van der Waals surface area (Å²) in [6.45, 7) is 4.23. The van der Waals surface area contributed by atoms with Crippen molar-refractivity contribution >= 4 is 29.2 Å². The molecule has 0 aliphatic carbocycles. The highest BCUT2D eigenvalue weighted by Gasteiger charge is 2.36. The summed E-state index contributed by atoms with van der Waals surface area (Å²) in [5, 5.41) is 12.0. The van der Waals surface area contributed by atoms with Gasteiger partial charge in [0.25, 0.3) is 6.43 Å². The number of carbonyl (C=O) groups is 5. The van der Waals surface area contributed by atoms with E-state index in [2.05, 4.69) is 22.2 Å². The minimum absolute atomic E-state index is 0.0220. The number of nitrogens with zero attached hydrogens (tertiary/aromatic N) is 4. The van der Waals surface area contributed by atoms with E-state index in [9.17, 15) is 38.0 Å². The topological polar surface area (TPSA) is 247 Å². The molecule has 0 radical (unpaired) electrons. The molecule has 15 nitrogen and oxygen atoms in total. The van der Waals surface area contributed by atoms with Crippen molar-refractivity contribution in [2.75, 3.05) is 39.9 Å². The number of rotatable bonds is 23. The quantitative estimate of drug-likeness (QED) is 0.0442. The summed E-state index contributed by atoms with van der Waals surface area (Å²) >= 11 is 0. The number of likely N-dealkylation sites (N-methyl/N-ethyl adjacent to an activating group) is 1. The first-order chi connectivity index (χ1) is 33.2. The Hall–Kier alpha value is -6.48. The van der Waals surface area contributed by atoms with Gasteiger partial charge < -0.3 is 36.9 Å². The Bertz CT molecular complexity index is 2460. The van der Waals surface area contributed by atoms with Crippen LogP contribution in [0, 0.1) is 23.2 Å². The lowest BCUT2D eigenvalue weighted by atomic mass is 9.87. The number of benzene rings is 3. The number of aromatic nitrogens is 2. The fraction of sp³-hybridized carbons (Fsp3) is 0.462. The predicted octanol–water partition coefficient (Wildman–Crippen LogP) is 6.79. The second-order valence-electron chi connectivity index (χ2n) is 17.4. The Morgan fingerprint density at radius 2 is 1.57 bits per heavy atom. The molecule has 7 N–H and O–H groups in total. The van der Waals surface area contributed by atoms with Crippen molar-refractivity contribution in [1.82, 2.24) is 20.2 Å². The van der Waals surface area contributed by atoms with Crippen LogP contribution in [0.15, 0.2) is 67.0 Å². The number of hydrogen-bond donors (Lipinski definition) is 4. The van der Waals surface area contributed by atoms with E-state index < -0.39 is 65.7 Å². The van der Waals surface area contributed by atoms with Crippen molar-refractivity contribution in [3.63, 3.8) is 0 Å². The zero-order valence-electron chi connectivity index (χ0n) is 39.7. The molecule has 0 spiro atoms. The molecule has 1 aromatic heterocycles. The molecule has 0 saturated carbocycles. The number of aryl methyl sites for hydroxylation is 1. The van der Waals surface area contributed by atoms with Gasteiger partial charge in [0.15, 0.2) is 17.3 Å².